The molecule has 0 aliphatic rings. The van der Waals surface area contributed by atoms with Crippen LogP contribution in [0.3, 0.4) is 0 Å². The number of hydrogen-bond acceptors (Lipinski definition) is 14. The van der Waals surface area contributed by atoms with Gasteiger partial charge in [0, 0.05) is 31.2 Å². The van der Waals surface area contributed by atoms with Crippen LogP contribution >= 0.6 is 0 Å². The molecule has 326 valence electrons. The Labute approximate surface area is 333 Å². The number of carbonyl (C=O) groups excluding carboxylic acids is 7. The molecule has 24 nitrogen and oxygen atoms in total. The van der Waals surface area contributed by atoms with Gasteiger partial charge in [0.15, 0.2) is 6.04 Å². The molecule has 0 saturated heterocycles. The Balaban J connectivity index is 3.26. The van der Waals surface area contributed by atoms with E-state index >= 15 is 0 Å². The Morgan fingerprint density at radius 2 is 1.07 bits per heavy atom. The first-order valence-electron chi connectivity index (χ1n) is 18.3. The molecular formula is C34H56N10O14. The molecule has 0 aliphatic heterocycles. The van der Waals surface area contributed by atoms with Crippen LogP contribution in [0, 0.1) is 5.92 Å². The Morgan fingerprint density at radius 3 is 1.50 bits per heavy atom. The quantitative estimate of drug-likeness (QED) is 0.0414. The van der Waals surface area contributed by atoms with E-state index in [0.717, 1.165) is 20.8 Å². The second-order valence-corrected chi connectivity index (χ2v) is 14.2. The highest BCUT2D eigenvalue weighted by atomic mass is 16.4. The molecule has 0 saturated carbocycles. The van der Waals surface area contributed by atoms with Crippen LogP contribution in [0.25, 0.3) is 0 Å². The molecule has 7 amide bonds. The van der Waals surface area contributed by atoms with Gasteiger partial charge in [-0.2, -0.15) is 0 Å². The lowest BCUT2D eigenvalue weighted by molar-refractivity contribution is -0.146. The summed E-state index contributed by atoms with van der Waals surface area (Å²) in [6.45, 7) is 6.70. The molecule has 0 unspecified atom stereocenters. The summed E-state index contributed by atoms with van der Waals surface area (Å²) < 4.78 is 0. The van der Waals surface area contributed by atoms with E-state index in [2.05, 4.69) is 36.6 Å². The number of carboxylic acid groups (broad SMARTS) is 2. The molecule has 1 heterocycles. The summed E-state index contributed by atoms with van der Waals surface area (Å²) in [5, 5.41) is 62.5. The molecule has 0 bridgehead atoms. The monoisotopic (exact) mass is 828 g/mol. The van der Waals surface area contributed by atoms with Crippen LogP contribution in [-0.4, -0.2) is 149 Å². The van der Waals surface area contributed by atoms with Gasteiger partial charge in [-0.1, -0.05) is 13.8 Å². The Hall–Kier alpha value is -5.72. The average molecular weight is 829 g/mol. The van der Waals surface area contributed by atoms with Gasteiger partial charge in [0.25, 0.3) is 0 Å². The van der Waals surface area contributed by atoms with Gasteiger partial charge in [-0.05, 0) is 46.0 Å². The molecular weight excluding hydrogens is 772 g/mol. The number of carbonyl (C=O) groups is 9. The third-order valence-corrected chi connectivity index (χ3v) is 8.44. The summed E-state index contributed by atoms with van der Waals surface area (Å²) in [6.07, 6.45) is -4.18. The number of imidazole rings is 1. The largest absolute Gasteiger partial charge is 0.481 e. The van der Waals surface area contributed by atoms with E-state index in [1.165, 1.54) is 12.5 Å². The molecule has 58 heavy (non-hydrogen) atoms. The summed E-state index contributed by atoms with van der Waals surface area (Å²) >= 11 is 0. The van der Waals surface area contributed by atoms with Crippen molar-refractivity contribution in [3.05, 3.63) is 18.2 Å². The van der Waals surface area contributed by atoms with Crippen LogP contribution in [0.2, 0.25) is 0 Å². The van der Waals surface area contributed by atoms with Gasteiger partial charge in [0.2, 0.25) is 41.4 Å². The molecule has 0 aliphatic carbocycles. The van der Waals surface area contributed by atoms with Crippen molar-refractivity contribution in [2.45, 2.75) is 134 Å². The van der Waals surface area contributed by atoms with Gasteiger partial charge in [0.1, 0.15) is 30.2 Å². The van der Waals surface area contributed by atoms with Crippen LogP contribution in [0.5, 0.6) is 0 Å². The maximum Gasteiger partial charge on any atom is 0.328 e. The summed E-state index contributed by atoms with van der Waals surface area (Å²) in [5.41, 5.74) is 11.9. The minimum absolute atomic E-state index is 0.0592. The first-order chi connectivity index (χ1) is 26.9. The fourth-order valence-electron chi connectivity index (χ4n) is 5.28. The number of H-pyrrole nitrogens is 1. The molecule has 0 radical (unpaired) electrons. The van der Waals surface area contributed by atoms with E-state index in [-0.39, 0.29) is 18.8 Å². The number of primary amides is 1. The van der Waals surface area contributed by atoms with E-state index in [0.29, 0.717) is 5.69 Å². The molecule has 0 fully saturated rings. The van der Waals surface area contributed by atoms with Gasteiger partial charge in [0.05, 0.1) is 30.7 Å². The minimum Gasteiger partial charge on any atom is -0.481 e. The third-order valence-electron chi connectivity index (χ3n) is 8.44. The van der Waals surface area contributed by atoms with E-state index < -0.39 is 140 Å². The smallest absolute Gasteiger partial charge is 0.328 e. The summed E-state index contributed by atoms with van der Waals surface area (Å²) in [4.78, 5) is 121. The number of carboxylic acids is 2. The van der Waals surface area contributed by atoms with E-state index in [9.17, 15) is 63.6 Å². The molecule has 10 atom stereocenters. The number of nitrogens with zero attached hydrogens (tertiary/aromatic N) is 1. The Bertz CT molecular complexity index is 1590. The standard InChI is InChI=1S/C34H56N10O14/c1-14(2)10-22(41-28(51)19(35)11-18-12-37-13-38-18)31(54)39-20(6-8-23(36)48)29(52)42-26(16(4)46)33(56)43-25(15(3)45)32(55)40-21(7-9-24(49)50)30(53)44-27(17(5)47)34(57)58/h12-17,19-22,25-27,45-47H,6-11,35H2,1-5H3,(H2,36,48)(H,37,38)(H,39,54)(H,40,55)(H,41,51)(H,42,52)(H,43,56)(H,44,53)(H,49,50)(H,57,58)/t15-,16-,17-,19+,20+,21+,22+,25+,26+,27+/m1/s1. The fraction of sp³-hybridized carbons (Fsp3) is 0.647. The van der Waals surface area contributed by atoms with Crippen LogP contribution in [0.15, 0.2) is 12.5 Å². The SMILES string of the molecule is CC(C)C[C@H](NC(=O)[C@@H](N)Cc1cnc[nH]1)C(=O)N[C@@H](CCC(N)=O)C(=O)N[C@H](C(=O)N[C@H](C(=O)N[C@@H](CCC(=O)O)C(=O)N[C@H](C(=O)O)[C@@H](C)O)[C@@H](C)O)[C@@H](C)O. The second kappa shape index (κ2) is 24.1. The van der Waals surface area contributed by atoms with Gasteiger partial charge in [-0.15, -0.1) is 0 Å². The summed E-state index contributed by atoms with van der Waals surface area (Å²) in [7, 11) is 0. The van der Waals surface area contributed by atoms with Crippen LogP contribution in [-0.2, 0) is 49.6 Å². The fourth-order valence-corrected chi connectivity index (χ4v) is 5.28. The molecule has 1 aromatic rings. The van der Waals surface area contributed by atoms with Crippen LogP contribution in [0.4, 0.5) is 0 Å². The Kier molecular flexibility index (Phi) is 20.9. The molecule has 0 spiro atoms. The summed E-state index contributed by atoms with van der Waals surface area (Å²) in [5.74, 6) is -10.5. The zero-order valence-electron chi connectivity index (χ0n) is 32.8. The lowest BCUT2D eigenvalue weighted by atomic mass is 10.0. The first-order valence-corrected chi connectivity index (χ1v) is 18.3. The first kappa shape index (κ1) is 50.3. The second-order valence-electron chi connectivity index (χ2n) is 14.2. The molecule has 1 rings (SSSR count). The van der Waals surface area contributed by atoms with Crippen LogP contribution in [0.1, 0.15) is 72.4 Å². The highest BCUT2D eigenvalue weighted by molar-refractivity contribution is 5.97. The van der Waals surface area contributed by atoms with Crippen LogP contribution < -0.4 is 43.4 Å². The normalized spacial score (nSPS) is 16.4. The molecule has 0 aromatic carbocycles. The van der Waals surface area contributed by atoms with Gasteiger partial charge < -0.3 is 73.9 Å². The van der Waals surface area contributed by atoms with Gasteiger partial charge in [-0.25, -0.2) is 9.78 Å². The molecule has 24 heteroatoms. The third kappa shape index (κ3) is 17.6. The molecule has 16 N–H and O–H groups in total. The highest BCUT2D eigenvalue weighted by Gasteiger charge is 2.37. The van der Waals surface area contributed by atoms with Crippen molar-refractivity contribution in [1.29, 1.82) is 0 Å². The van der Waals surface area contributed by atoms with E-state index in [1.807, 2.05) is 5.32 Å². The van der Waals surface area contributed by atoms with Crippen molar-refractivity contribution >= 4 is 53.3 Å². The lowest BCUT2D eigenvalue weighted by Gasteiger charge is -2.29. The lowest BCUT2D eigenvalue weighted by Crippen LogP contribution is -2.63. The number of aromatic amines is 1. The maximum absolute atomic E-state index is 13.6. The van der Waals surface area contributed by atoms with E-state index in [4.69, 9.17) is 16.6 Å². The maximum atomic E-state index is 13.6. The number of aliphatic carboxylic acids is 2. The van der Waals surface area contributed by atoms with Crippen molar-refractivity contribution in [2.24, 2.45) is 17.4 Å². The van der Waals surface area contributed by atoms with Crippen molar-refractivity contribution < 1.29 is 68.7 Å². The number of aliphatic hydroxyl groups is 3. The average Bonchev–Trinajstić information content (AvgIpc) is 3.63. The number of nitrogens with two attached hydrogens (primary N) is 2. The molecule has 1 aromatic heterocycles. The number of aliphatic hydroxyl groups excluding tert-OH is 3. The predicted molar refractivity (Wildman–Crippen MR) is 199 cm³/mol. The van der Waals surface area contributed by atoms with Gasteiger partial charge in [-0.3, -0.25) is 38.4 Å². The zero-order valence-corrected chi connectivity index (χ0v) is 32.8. The highest BCUT2D eigenvalue weighted by Crippen LogP contribution is 2.10. The van der Waals surface area contributed by atoms with Crippen molar-refractivity contribution in [2.75, 3.05) is 0 Å². The van der Waals surface area contributed by atoms with E-state index in [1.54, 1.807) is 13.8 Å². The van der Waals surface area contributed by atoms with Crippen molar-refractivity contribution in [3.8, 4) is 0 Å². The number of nitrogens with one attached hydrogen (secondary N) is 7. The minimum atomic E-state index is -1.93. The number of hydrogen-bond donors (Lipinski definition) is 14. The van der Waals surface area contributed by atoms with Crippen molar-refractivity contribution in [1.82, 2.24) is 41.9 Å². The zero-order chi connectivity index (χ0) is 44.4. The number of amides is 7. The van der Waals surface area contributed by atoms with Crippen molar-refractivity contribution in [3.63, 3.8) is 0 Å². The Morgan fingerprint density at radius 1 is 0.638 bits per heavy atom. The summed E-state index contributed by atoms with van der Waals surface area (Å²) in [6, 6.07) is -11.3. The number of aromatic nitrogens is 2. The van der Waals surface area contributed by atoms with Gasteiger partial charge >= 0.3 is 11.9 Å². The number of rotatable bonds is 26. The predicted octanol–water partition coefficient (Wildman–Crippen LogP) is -5.41. The topological polar surface area (TPSA) is 408 Å².